The number of aromatic nitrogens is 1. The van der Waals surface area contributed by atoms with E-state index in [1.54, 1.807) is 32.9 Å². The fraction of sp³-hybridized carbons (Fsp3) is 0.353. The second kappa shape index (κ2) is 7.09. The van der Waals surface area contributed by atoms with Crippen LogP contribution in [0.3, 0.4) is 0 Å². The van der Waals surface area contributed by atoms with Crippen LogP contribution in [-0.4, -0.2) is 30.3 Å². The molecule has 24 heavy (non-hydrogen) atoms. The van der Waals surface area contributed by atoms with Crippen molar-refractivity contribution in [3.63, 3.8) is 0 Å². The van der Waals surface area contributed by atoms with Crippen LogP contribution in [0.1, 0.15) is 20.8 Å². The van der Waals surface area contributed by atoms with E-state index in [1.165, 1.54) is 12.1 Å². The molecule has 0 saturated heterocycles. The topological polar surface area (TPSA) is 80.2 Å². The van der Waals surface area contributed by atoms with Gasteiger partial charge in [0.1, 0.15) is 0 Å². The minimum Gasteiger partial charge on any atom is -0.353 e. The van der Waals surface area contributed by atoms with E-state index in [1.807, 2.05) is 29.1 Å². The fourth-order valence-electron chi connectivity index (χ4n) is 2.06. The number of nitrogens with zero attached hydrogens (tertiary/aromatic N) is 1. The van der Waals surface area contributed by atoms with Gasteiger partial charge in [0.15, 0.2) is 9.84 Å². The molecule has 0 aliphatic rings. The minimum absolute atomic E-state index is 0.244. The number of hydrogen-bond acceptors (Lipinski definition) is 3. The lowest BCUT2D eigenvalue weighted by atomic mass is 10.3. The number of carbonyl (C=O) groups is 1. The SMILES string of the molecule is CC(C)(C)S(=O)(=O)c1ccc(NC(=O)NCCn2cccc2)cc1. The van der Waals surface area contributed by atoms with Gasteiger partial charge >= 0.3 is 6.03 Å². The zero-order valence-corrected chi connectivity index (χ0v) is 14.9. The molecule has 2 N–H and O–H groups in total. The summed E-state index contributed by atoms with van der Waals surface area (Å²) < 4.78 is 25.8. The molecule has 0 unspecified atom stereocenters. The van der Waals surface area contributed by atoms with Crippen molar-refractivity contribution in [3.05, 3.63) is 48.8 Å². The molecule has 0 fully saturated rings. The number of hydrogen-bond donors (Lipinski definition) is 2. The van der Waals surface area contributed by atoms with E-state index < -0.39 is 14.6 Å². The van der Waals surface area contributed by atoms with Gasteiger partial charge in [0.2, 0.25) is 0 Å². The number of carbonyl (C=O) groups excluding carboxylic acids is 1. The molecule has 130 valence electrons. The second-order valence-electron chi connectivity index (χ2n) is 6.44. The molecule has 2 amide bonds. The van der Waals surface area contributed by atoms with Crippen molar-refractivity contribution in [1.29, 1.82) is 0 Å². The van der Waals surface area contributed by atoms with E-state index in [-0.39, 0.29) is 10.9 Å². The first-order valence-corrected chi connectivity index (χ1v) is 9.19. The van der Waals surface area contributed by atoms with Crippen LogP contribution in [0.25, 0.3) is 0 Å². The van der Waals surface area contributed by atoms with Crippen LogP contribution in [0.4, 0.5) is 10.5 Å². The Morgan fingerprint density at radius 1 is 1.08 bits per heavy atom. The first kappa shape index (κ1) is 18.1. The smallest absolute Gasteiger partial charge is 0.319 e. The van der Waals surface area contributed by atoms with Crippen molar-refractivity contribution in [2.45, 2.75) is 37.0 Å². The van der Waals surface area contributed by atoms with E-state index >= 15 is 0 Å². The number of anilines is 1. The van der Waals surface area contributed by atoms with Crippen molar-refractivity contribution in [2.75, 3.05) is 11.9 Å². The number of amides is 2. The Labute approximate surface area is 142 Å². The maximum absolute atomic E-state index is 12.3. The summed E-state index contributed by atoms with van der Waals surface area (Å²) in [5.74, 6) is 0. The predicted octanol–water partition coefficient (Wildman–Crippen LogP) is 2.88. The highest BCUT2D eigenvalue weighted by atomic mass is 32.2. The fourth-order valence-corrected chi connectivity index (χ4v) is 3.27. The minimum atomic E-state index is -3.39. The molecule has 1 heterocycles. The number of nitrogens with one attached hydrogen (secondary N) is 2. The summed E-state index contributed by atoms with van der Waals surface area (Å²) in [6, 6.07) is 9.72. The van der Waals surface area contributed by atoms with Gasteiger partial charge in [-0.2, -0.15) is 0 Å². The van der Waals surface area contributed by atoms with Gasteiger partial charge in [-0.15, -0.1) is 0 Å². The average molecular weight is 349 g/mol. The standard InChI is InChI=1S/C17H23N3O3S/c1-17(2,3)24(22,23)15-8-6-14(7-9-15)19-16(21)18-10-13-20-11-4-5-12-20/h4-9,11-12H,10,13H2,1-3H3,(H2,18,19,21). The third-order valence-corrected chi connectivity index (χ3v) is 6.06. The van der Waals surface area contributed by atoms with E-state index in [4.69, 9.17) is 0 Å². The van der Waals surface area contributed by atoms with Gasteiger partial charge < -0.3 is 15.2 Å². The van der Waals surface area contributed by atoms with Crippen LogP contribution in [-0.2, 0) is 16.4 Å². The maximum Gasteiger partial charge on any atom is 0.319 e. The largest absolute Gasteiger partial charge is 0.353 e. The molecule has 0 aliphatic heterocycles. The van der Waals surface area contributed by atoms with E-state index in [2.05, 4.69) is 10.6 Å². The highest BCUT2D eigenvalue weighted by Crippen LogP contribution is 2.25. The van der Waals surface area contributed by atoms with Gasteiger partial charge in [-0.05, 0) is 57.2 Å². The highest BCUT2D eigenvalue weighted by Gasteiger charge is 2.30. The van der Waals surface area contributed by atoms with E-state index in [0.29, 0.717) is 18.8 Å². The molecular weight excluding hydrogens is 326 g/mol. The molecule has 0 bridgehead atoms. The third kappa shape index (κ3) is 4.38. The molecule has 0 aliphatic carbocycles. The summed E-state index contributed by atoms with van der Waals surface area (Å²) in [6.07, 6.45) is 3.85. The first-order chi connectivity index (χ1) is 11.2. The Morgan fingerprint density at radius 3 is 2.21 bits per heavy atom. The Hall–Kier alpha value is -2.28. The summed E-state index contributed by atoms with van der Waals surface area (Å²) in [6.45, 7) is 6.16. The first-order valence-electron chi connectivity index (χ1n) is 7.70. The molecule has 2 rings (SSSR count). The van der Waals surface area contributed by atoms with Crippen molar-refractivity contribution < 1.29 is 13.2 Å². The highest BCUT2D eigenvalue weighted by molar-refractivity contribution is 7.92. The monoisotopic (exact) mass is 349 g/mol. The van der Waals surface area contributed by atoms with Crippen LogP contribution >= 0.6 is 0 Å². The Bertz CT molecular complexity index is 773. The lowest BCUT2D eigenvalue weighted by Gasteiger charge is -2.19. The third-order valence-electron chi connectivity index (χ3n) is 3.55. The van der Waals surface area contributed by atoms with Gasteiger partial charge in [-0.3, -0.25) is 0 Å². The summed E-state index contributed by atoms with van der Waals surface area (Å²) in [4.78, 5) is 12.1. The quantitative estimate of drug-likeness (QED) is 0.871. The van der Waals surface area contributed by atoms with Crippen molar-refractivity contribution in [3.8, 4) is 0 Å². The molecule has 1 aromatic carbocycles. The molecule has 0 radical (unpaired) electrons. The van der Waals surface area contributed by atoms with Crippen LogP contribution in [0.2, 0.25) is 0 Å². The molecule has 6 nitrogen and oxygen atoms in total. The van der Waals surface area contributed by atoms with Gasteiger partial charge in [0.05, 0.1) is 9.64 Å². The molecule has 1 aromatic heterocycles. The summed E-state index contributed by atoms with van der Waals surface area (Å²) in [5.41, 5.74) is 0.543. The van der Waals surface area contributed by atoms with Crippen molar-refractivity contribution in [2.24, 2.45) is 0 Å². The molecule has 0 saturated carbocycles. The lowest BCUT2D eigenvalue weighted by molar-refractivity contribution is 0.251. The van der Waals surface area contributed by atoms with Gasteiger partial charge in [0.25, 0.3) is 0 Å². The van der Waals surface area contributed by atoms with Gasteiger partial charge in [-0.25, -0.2) is 13.2 Å². The van der Waals surface area contributed by atoms with Gasteiger partial charge in [0, 0.05) is 31.2 Å². The maximum atomic E-state index is 12.3. The average Bonchev–Trinajstić information content (AvgIpc) is 3.00. The Morgan fingerprint density at radius 2 is 1.67 bits per heavy atom. The van der Waals surface area contributed by atoms with Crippen molar-refractivity contribution in [1.82, 2.24) is 9.88 Å². The zero-order chi connectivity index (χ0) is 17.8. The number of sulfone groups is 1. The van der Waals surface area contributed by atoms with Crippen LogP contribution in [0, 0.1) is 0 Å². The molecule has 0 atom stereocenters. The second-order valence-corrected chi connectivity index (χ2v) is 9.14. The van der Waals surface area contributed by atoms with E-state index in [9.17, 15) is 13.2 Å². The van der Waals surface area contributed by atoms with Crippen LogP contribution < -0.4 is 10.6 Å². The zero-order valence-electron chi connectivity index (χ0n) is 14.1. The van der Waals surface area contributed by atoms with Gasteiger partial charge in [-0.1, -0.05) is 0 Å². The Balaban J connectivity index is 1.90. The normalized spacial score (nSPS) is 12.0. The predicted molar refractivity (Wildman–Crippen MR) is 94.8 cm³/mol. The molecule has 2 aromatic rings. The van der Waals surface area contributed by atoms with E-state index in [0.717, 1.165) is 0 Å². The molecule has 0 spiro atoms. The van der Waals surface area contributed by atoms with Crippen LogP contribution in [0.5, 0.6) is 0 Å². The molecule has 7 heteroatoms. The number of rotatable bonds is 5. The number of benzene rings is 1. The Kier molecular flexibility index (Phi) is 5.33. The lowest BCUT2D eigenvalue weighted by Crippen LogP contribution is -2.31. The summed E-state index contributed by atoms with van der Waals surface area (Å²) in [7, 11) is -3.39. The van der Waals surface area contributed by atoms with Crippen LogP contribution in [0.15, 0.2) is 53.7 Å². The summed E-state index contributed by atoms with van der Waals surface area (Å²) in [5, 5.41) is 5.43. The van der Waals surface area contributed by atoms with Crippen molar-refractivity contribution >= 4 is 21.6 Å². The molecular formula is C17H23N3O3S. The number of urea groups is 1. The summed E-state index contributed by atoms with van der Waals surface area (Å²) >= 11 is 0.